The largest absolute Gasteiger partial charge is 0.439 e. The molecule has 7 heteroatoms. The van der Waals surface area contributed by atoms with Crippen LogP contribution in [0.15, 0.2) is 60.7 Å². The molecule has 1 aromatic heterocycles. The van der Waals surface area contributed by atoms with E-state index in [0.717, 1.165) is 55.1 Å². The number of aromatic nitrogens is 2. The van der Waals surface area contributed by atoms with E-state index in [4.69, 9.17) is 19.3 Å². The van der Waals surface area contributed by atoms with Crippen LogP contribution in [0.1, 0.15) is 31.0 Å². The number of hydrogen-bond donors (Lipinski definition) is 1. The molecule has 0 radical (unpaired) electrons. The first kappa shape index (κ1) is 24.4. The Balaban J connectivity index is 1.70. The molecule has 0 spiro atoms. The molecule has 0 aliphatic carbocycles. The van der Waals surface area contributed by atoms with E-state index in [2.05, 4.69) is 11.8 Å². The van der Waals surface area contributed by atoms with Crippen LogP contribution in [0, 0.1) is 0 Å². The van der Waals surface area contributed by atoms with Gasteiger partial charge in [-0.05, 0) is 43.5 Å². The Morgan fingerprint density at radius 1 is 1.15 bits per heavy atom. The fraction of sp³-hybridized carbons (Fsp3) is 0.444. The minimum absolute atomic E-state index is 0.169. The van der Waals surface area contributed by atoms with Crippen LogP contribution in [-0.4, -0.2) is 65.4 Å². The summed E-state index contributed by atoms with van der Waals surface area (Å²) in [5.74, 6) is 1.46. The molecule has 1 N–H and O–H groups in total. The minimum atomic E-state index is -0.584. The number of hydrogen-bond acceptors (Lipinski definition) is 6. The molecular weight excluding hydrogens is 430 g/mol. The predicted molar refractivity (Wildman–Crippen MR) is 132 cm³/mol. The van der Waals surface area contributed by atoms with Gasteiger partial charge in [-0.1, -0.05) is 43.3 Å². The predicted octanol–water partition coefficient (Wildman–Crippen LogP) is 4.22. The first-order chi connectivity index (χ1) is 16.7. The van der Waals surface area contributed by atoms with Gasteiger partial charge in [0.25, 0.3) is 0 Å². The molecule has 0 saturated carbocycles. The molecule has 1 fully saturated rings. The average Bonchev–Trinajstić information content (AvgIpc) is 3.48. The van der Waals surface area contributed by atoms with E-state index in [9.17, 15) is 5.11 Å². The van der Waals surface area contributed by atoms with Crippen molar-refractivity contribution in [3.05, 3.63) is 71.9 Å². The number of methoxy groups -OCH3 is 1. The lowest BCUT2D eigenvalue weighted by Crippen LogP contribution is -2.39. The molecule has 1 aliphatic rings. The molecule has 0 amide bonds. The van der Waals surface area contributed by atoms with Crippen LogP contribution in [0.2, 0.25) is 0 Å². The van der Waals surface area contributed by atoms with E-state index in [1.54, 1.807) is 7.11 Å². The molecule has 1 saturated heterocycles. The highest BCUT2D eigenvalue weighted by molar-refractivity contribution is 5.43. The third-order valence-corrected chi connectivity index (χ3v) is 6.01. The van der Waals surface area contributed by atoms with Crippen molar-refractivity contribution in [1.82, 2.24) is 14.7 Å². The summed E-state index contributed by atoms with van der Waals surface area (Å²) < 4.78 is 19.4. The molecule has 34 heavy (non-hydrogen) atoms. The van der Waals surface area contributed by atoms with Crippen LogP contribution in [0.25, 0.3) is 5.69 Å². The van der Waals surface area contributed by atoms with E-state index >= 15 is 0 Å². The van der Waals surface area contributed by atoms with E-state index in [0.29, 0.717) is 25.6 Å². The third kappa shape index (κ3) is 6.24. The van der Waals surface area contributed by atoms with E-state index in [1.165, 1.54) is 0 Å². The van der Waals surface area contributed by atoms with Crippen molar-refractivity contribution in [2.45, 2.75) is 44.9 Å². The van der Waals surface area contributed by atoms with Crippen molar-refractivity contribution >= 4 is 0 Å². The van der Waals surface area contributed by atoms with Crippen molar-refractivity contribution in [2.24, 2.45) is 0 Å². The Morgan fingerprint density at radius 3 is 2.53 bits per heavy atom. The number of rotatable bonds is 12. The average molecular weight is 466 g/mol. The van der Waals surface area contributed by atoms with Crippen LogP contribution in [0.5, 0.6) is 11.6 Å². The van der Waals surface area contributed by atoms with Gasteiger partial charge in [-0.25, -0.2) is 4.68 Å². The monoisotopic (exact) mass is 465 g/mol. The maximum atomic E-state index is 10.5. The summed E-state index contributed by atoms with van der Waals surface area (Å²) in [5, 5.41) is 15.5. The lowest BCUT2D eigenvalue weighted by Gasteiger charge is -2.27. The van der Waals surface area contributed by atoms with E-state index in [1.807, 2.05) is 65.3 Å². The van der Waals surface area contributed by atoms with E-state index < -0.39 is 6.10 Å². The third-order valence-electron chi connectivity index (χ3n) is 6.01. The zero-order valence-corrected chi connectivity index (χ0v) is 20.1. The molecule has 182 valence electrons. The fourth-order valence-electron chi connectivity index (χ4n) is 4.42. The van der Waals surface area contributed by atoms with Gasteiger partial charge in [0.15, 0.2) is 0 Å². The Labute approximate surface area is 201 Å². The van der Waals surface area contributed by atoms with Crippen LogP contribution in [0.4, 0.5) is 0 Å². The first-order valence-corrected chi connectivity index (χ1v) is 12.1. The van der Waals surface area contributed by atoms with Crippen LogP contribution >= 0.6 is 0 Å². The maximum Gasteiger partial charge on any atom is 0.227 e. The second kappa shape index (κ2) is 12.1. The maximum absolute atomic E-state index is 10.5. The van der Waals surface area contributed by atoms with Crippen LogP contribution in [-0.2, 0) is 22.4 Å². The van der Waals surface area contributed by atoms with Gasteiger partial charge in [-0.3, -0.25) is 4.90 Å². The van der Waals surface area contributed by atoms with Gasteiger partial charge in [0.1, 0.15) is 5.75 Å². The number of aliphatic hydroxyl groups is 1. The van der Waals surface area contributed by atoms with Gasteiger partial charge in [0.05, 0.1) is 35.8 Å². The lowest BCUT2D eigenvalue weighted by atomic mass is 10.1. The second-order valence-electron chi connectivity index (χ2n) is 8.68. The number of para-hydroxylation sites is 2. The molecular formula is C27H35N3O4. The Kier molecular flexibility index (Phi) is 8.71. The summed E-state index contributed by atoms with van der Waals surface area (Å²) in [5.41, 5.74) is 2.95. The highest BCUT2D eigenvalue weighted by atomic mass is 16.5. The topological polar surface area (TPSA) is 69.0 Å². The summed E-state index contributed by atoms with van der Waals surface area (Å²) in [6, 6.07) is 19.8. The van der Waals surface area contributed by atoms with Gasteiger partial charge >= 0.3 is 0 Å². The quantitative estimate of drug-likeness (QED) is 0.432. The number of benzene rings is 2. The molecule has 0 bridgehead atoms. The number of aliphatic hydroxyl groups excluding tert-OH is 1. The van der Waals surface area contributed by atoms with Gasteiger partial charge in [0, 0.05) is 33.4 Å². The smallest absolute Gasteiger partial charge is 0.227 e. The minimum Gasteiger partial charge on any atom is -0.439 e. The molecule has 3 aromatic rings. The zero-order chi connectivity index (χ0) is 23.8. The number of nitrogens with zero attached hydrogens (tertiary/aromatic N) is 3. The second-order valence-corrected chi connectivity index (χ2v) is 8.68. The molecule has 2 atom stereocenters. The van der Waals surface area contributed by atoms with Gasteiger partial charge in [0.2, 0.25) is 5.88 Å². The molecule has 2 heterocycles. The standard InChI is InChI=1S/C27H35N3O4/c1-3-26-25(19-29(17-22(31)20-32-2)18-24-15-10-16-33-24)27(34-23-13-8-5-9-14-23)30(28-26)21-11-6-4-7-12-21/h4-9,11-14,22,24,31H,3,10,15-20H2,1-2H3/t22-,24-/m1/s1. The lowest BCUT2D eigenvalue weighted by molar-refractivity contribution is 0.0155. The molecule has 2 aromatic carbocycles. The summed E-state index contributed by atoms with van der Waals surface area (Å²) in [4.78, 5) is 2.24. The van der Waals surface area contributed by atoms with E-state index in [-0.39, 0.29) is 6.10 Å². The SMILES string of the molecule is CCc1nn(-c2ccccc2)c(Oc2ccccc2)c1CN(C[C@@H](O)COC)C[C@H]1CCCO1. The molecule has 7 nitrogen and oxygen atoms in total. The summed E-state index contributed by atoms with van der Waals surface area (Å²) in [7, 11) is 1.61. The highest BCUT2D eigenvalue weighted by Crippen LogP contribution is 2.32. The number of ether oxygens (including phenoxy) is 3. The Morgan fingerprint density at radius 2 is 1.88 bits per heavy atom. The van der Waals surface area contributed by atoms with Crippen molar-refractivity contribution in [3.8, 4) is 17.3 Å². The van der Waals surface area contributed by atoms with Gasteiger partial charge in [-0.2, -0.15) is 5.10 Å². The van der Waals surface area contributed by atoms with Gasteiger partial charge < -0.3 is 19.3 Å². The normalized spacial score (nSPS) is 16.8. The molecule has 1 aliphatic heterocycles. The molecule has 4 rings (SSSR count). The summed E-state index contributed by atoms with van der Waals surface area (Å²) in [6.45, 7) is 5.02. The van der Waals surface area contributed by atoms with Gasteiger partial charge in [-0.15, -0.1) is 0 Å². The molecule has 0 unspecified atom stereocenters. The zero-order valence-electron chi connectivity index (χ0n) is 20.1. The fourth-order valence-corrected chi connectivity index (χ4v) is 4.42. The first-order valence-electron chi connectivity index (χ1n) is 12.1. The summed E-state index contributed by atoms with van der Waals surface area (Å²) in [6.07, 6.45) is 2.47. The van der Waals surface area contributed by atoms with Crippen LogP contribution in [0.3, 0.4) is 0 Å². The van der Waals surface area contributed by atoms with Crippen LogP contribution < -0.4 is 4.74 Å². The van der Waals surface area contributed by atoms with Crippen molar-refractivity contribution in [1.29, 1.82) is 0 Å². The Hall–Kier alpha value is -2.71. The highest BCUT2D eigenvalue weighted by Gasteiger charge is 2.26. The Bertz CT molecular complexity index is 1000. The van der Waals surface area contributed by atoms with Crippen molar-refractivity contribution in [3.63, 3.8) is 0 Å². The summed E-state index contributed by atoms with van der Waals surface area (Å²) >= 11 is 0. The van der Waals surface area contributed by atoms with Crippen molar-refractivity contribution in [2.75, 3.05) is 33.4 Å². The number of aryl methyl sites for hydroxylation is 1. The van der Waals surface area contributed by atoms with Crippen molar-refractivity contribution < 1.29 is 19.3 Å².